The second-order valence-corrected chi connectivity index (χ2v) is 3.59. The standard InChI is InChI=1S/C9H20N2/c1-4-5-11-8(2)6-10-7-9(11)3/h8-10H,4-7H2,1-3H3/t8-,9+. The summed E-state index contributed by atoms with van der Waals surface area (Å²) in [5.41, 5.74) is 0. The smallest absolute Gasteiger partial charge is 0.0195 e. The molecule has 0 aliphatic carbocycles. The number of nitrogens with one attached hydrogen (secondary N) is 1. The van der Waals surface area contributed by atoms with E-state index in [1.54, 1.807) is 0 Å². The topological polar surface area (TPSA) is 15.3 Å². The van der Waals surface area contributed by atoms with Crippen LogP contribution in [0.25, 0.3) is 0 Å². The van der Waals surface area contributed by atoms with E-state index in [4.69, 9.17) is 0 Å². The molecular weight excluding hydrogens is 136 g/mol. The lowest BCUT2D eigenvalue weighted by atomic mass is 10.1. The average molecular weight is 156 g/mol. The van der Waals surface area contributed by atoms with Crippen LogP contribution in [0.2, 0.25) is 0 Å². The summed E-state index contributed by atoms with van der Waals surface area (Å²) in [5, 5.41) is 3.43. The zero-order valence-corrected chi connectivity index (χ0v) is 7.93. The zero-order chi connectivity index (χ0) is 8.27. The molecule has 1 saturated heterocycles. The lowest BCUT2D eigenvalue weighted by Crippen LogP contribution is -2.55. The Morgan fingerprint density at radius 1 is 1.27 bits per heavy atom. The normalized spacial score (nSPS) is 34.1. The van der Waals surface area contributed by atoms with Crippen LogP contribution < -0.4 is 5.32 Å². The molecule has 0 saturated carbocycles. The Morgan fingerprint density at radius 2 is 1.82 bits per heavy atom. The molecule has 0 unspecified atom stereocenters. The highest BCUT2D eigenvalue weighted by molar-refractivity contribution is 4.81. The molecular formula is C9H20N2. The van der Waals surface area contributed by atoms with Crippen molar-refractivity contribution in [3.63, 3.8) is 0 Å². The molecule has 0 aromatic heterocycles. The molecule has 0 aromatic carbocycles. The quantitative estimate of drug-likeness (QED) is 0.643. The summed E-state index contributed by atoms with van der Waals surface area (Å²) in [4.78, 5) is 2.59. The van der Waals surface area contributed by atoms with E-state index in [1.807, 2.05) is 0 Å². The molecule has 2 nitrogen and oxygen atoms in total. The molecule has 1 aliphatic heterocycles. The van der Waals surface area contributed by atoms with Crippen LogP contribution in [0.15, 0.2) is 0 Å². The van der Waals surface area contributed by atoms with E-state index in [-0.39, 0.29) is 0 Å². The molecule has 11 heavy (non-hydrogen) atoms. The molecule has 0 radical (unpaired) electrons. The minimum Gasteiger partial charge on any atom is -0.314 e. The van der Waals surface area contributed by atoms with E-state index in [0.29, 0.717) is 0 Å². The first kappa shape index (κ1) is 9.01. The van der Waals surface area contributed by atoms with Gasteiger partial charge in [0.05, 0.1) is 0 Å². The lowest BCUT2D eigenvalue weighted by Gasteiger charge is -2.39. The van der Waals surface area contributed by atoms with Gasteiger partial charge in [-0.3, -0.25) is 4.90 Å². The second-order valence-electron chi connectivity index (χ2n) is 3.59. The van der Waals surface area contributed by atoms with Crippen LogP contribution in [0.5, 0.6) is 0 Å². The van der Waals surface area contributed by atoms with Crippen molar-refractivity contribution < 1.29 is 0 Å². The second kappa shape index (κ2) is 4.07. The molecule has 1 heterocycles. The van der Waals surface area contributed by atoms with Gasteiger partial charge in [-0.25, -0.2) is 0 Å². The molecule has 2 atom stereocenters. The van der Waals surface area contributed by atoms with E-state index >= 15 is 0 Å². The molecule has 0 aromatic rings. The van der Waals surface area contributed by atoms with E-state index in [2.05, 4.69) is 31.0 Å². The monoisotopic (exact) mass is 156 g/mol. The van der Waals surface area contributed by atoms with Crippen LogP contribution in [0.3, 0.4) is 0 Å². The Bertz CT molecular complexity index is 104. The summed E-state index contributed by atoms with van der Waals surface area (Å²) in [6.07, 6.45) is 1.27. The van der Waals surface area contributed by atoms with Gasteiger partial charge in [-0.05, 0) is 26.8 Å². The molecule has 66 valence electrons. The van der Waals surface area contributed by atoms with Gasteiger partial charge in [0.2, 0.25) is 0 Å². The summed E-state index contributed by atoms with van der Waals surface area (Å²) >= 11 is 0. The van der Waals surface area contributed by atoms with Crippen molar-refractivity contribution in [3.8, 4) is 0 Å². The summed E-state index contributed by atoms with van der Waals surface area (Å²) in [6, 6.07) is 1.44. The highest BCUT2D eigenvalue weighted by atomic mass is 15.2. The molecule has 1 rings (SSSR count). The van der Waals surface area contributed by atoms with Crippen molar-refractivity contribution in [2.75, 3.05) is 19.6 Å². The average Bonchev–Trinajstić information content (AvgIpc) is 1.97. The number of hydrogen-bond acceptors (Lipinski definition) is 2. The van der Waals surface area contributed by atoms with Gasteiger partial charge in [-0.1, -0.05) is 6.92 Å². The Kier molecular flexibility index (Phi) is 3.34. The fraction of sp³-hybridized carbons (Fsp3) is 1.00. The molecule has 0 spiro atoms. The van der Waals surface area contributed by atoms with Crippen molar-refractivity contribution in [1.29, 1.82) is 0 Å². The SMILES string of the molecule is CCCN1[C@H](C)CNC[C@@H]1C. The summed E-state index contributed by atoms with van der Waals surface area (Å²) in [5.74, 6) is 0. The maximum absolute atomic E-state index is 3.43. The Balaban J connectivity index is 2.41. The Labute approximate surface area is 70.0 Å². The minimum absolute atomic E-state index is 0.721. The largest absolute Gasteiger partial charge is 0.314 e. The third-order valence-corrected chi connectivity index (χ3v) is 2.49. The maximum Gasteiger partial charge on any atom is 0.0195 e. The molecule has 0 bridgehead atoms. The fourth-order valence-corrected chi connectivity index (χ4v) is 1.87. The van der Waals surface area contributed by atoms with E-state index < -0.39 is 0 Å². The number of rotatable bonds is 2. The lowest BCUT2D eigenvalue weighted by molar-refractivity contribution is 0.117. The minimum atomic E-state index is 0.721. The van der Waals surface area contributed by atoms with Crippen LogP contribution in [0.1, 0.15) is 27.2 Å². The Morgan fingerprint density at radius 3 is 2.27 bits per heavy atom. The first-order valence-corrected chi connectivity index (χ1v) is 4.72. The number of piperazine rings is 1. The summed E-state index contributed by atoms with van der Waals surface area (Å²) < 4.78 is 0. The van der Waals surface area contributed by atoms with Crippen LogP contribution >= 0.6 is 0 Å². The first-order valence-electron chi connectivity index (χ1n) is 4.72. The van der Waals surface area contributed by atoms with Gasteiger partial charge in [0.1, 0.15) is 0 Å². The van der Waals surface area contributed by atoms with Crippen molar-refractivity contribution in [3.05, 3.63) is 0 Å². The molecule has 2 heteroatoms. The number of hydrogen-bond donors (Lipinski definition) is 1. The summed E-state index contributed by atoms with van der Waals surface area (Å²) in [6.45, 7) is 10.4. The number of nitrogens with zero attached hydrogens (tertiary/aromatic N) is 1. The Hall–Kier alpha value is -0.0800. The van der Waals surface area contributed by atoms with Crippen molar-refractivity contribution in [1.82, 2.24) is 10.2 Å². The van der Waals surface area contributed by atoms with Crippen molar-refractivity contribution in [2.45, 2.75) is 39.3 Å². The third-order valence-electron chi connectivity index (χ3n) is 2.49. The van der Waals surface area contributed by atoms with E-state index in [9.17, 15) is 0 Å². The van der Waals surface area contributed by atoms with Crippen LogP contribution in [0, 0.1) is 0 Å². The fourth-order valence-electron chi connectivity index (χ4n) is 1.87. The highest BCUT2D eigenvalue weighted by Crippen LogP contribution is 2.09. The van der Waals surface area contributed by atoms with Crippen LogP contribution in [-0.4, -0.2) is 36.6 Å². The summed E-state index contributed by atoms with van der Waals surface area (Å²) in [7, 11) is 0. The molecule has 1 fully saturated rings. The van der Waals surface area contributed by atoms with Gasteiger partial charge in [0.15, 0.2) is 0 Å². The van der Waals surface area contributed by atoms with Crippen LogP contribution in [0.4, 0.5) is 0 Å². The zero-order valence-electron chi connectivity index (χ0n) is 7.93. The highest BCUT2D eigenvalue weighted by Gasteiger charge is 2.22. The molecule has 1 N–H and O–H groups in total. The van der Waals surface area contributed by atoms with E-state index in [1.165, 1.54) is 13.0 Å². The molecule has 0 amide bonds. The predicted molar refractivity (Wildman–Crippen MR) is 48.8 cm³/mol. The predicted octanol–water partition coefficient (Wildman–Crippen LogP) is 1.08. The van der Waals surface area contributed by atoms with E-state index in [0.717, 1.165) is 25.2 Å². The third kappa shape index (κ3) is 2.17. The van der Waals surface area contributed by atoms with Gasteiger partial charge in [0, 0.05) is 25.2 Å². The van der Waals surface area contributed by atoms with Gasteiger partial charge in [-0.15, -0.1) is 0 Å². The van der Waals surface area contributed by atoms with Gasteiger partial charge in [0.25, 0.3) is 0 Å². The van der Waals surface area contributed by atoms with Gasteiger partial charge >= 0.3 is 0 Å². The maximum atomic E-state index is 3.43. The first-order chi connectivity index (χ1) is 5.25. The van der Waals surface area contributed by atoms with Gasteiger partial charge in [-0.2, -0.15) is 0 Å². The van der Waals surface area contributed by atoms with Crippen molar-refractivity contribution >= 4 is 0 Å². The van der Waals surface area contributed by atoms with Crippen LogP contribution in [-0.2, 0) is 0 Å². The van der Waals surface area contributed by atoms with Crippen molar-refractivity contribution in [2.24, 2.45) is 0 Å². The molecule has 1 aliphatic rings. The van der Waals surface area contributed by atoms with Gasteiger partial charge < -0.3 is 5.32 Å².